The van der Waals surface area contributed by atoms with E-state index in [1.165, 1.54) is 23.1 Å². The summed E-state index contributed by atoms with van der Waals surface area (Å²) in [5.41, 5.74) is 11.9. The van der Waals surface area contributed by atoms with Crippen molar-refractivity contribution in [3.8, 4) is 0 Å². The van der Waals surface area contributed by atoms with E-state index in [2.05, 4.69) is 0 Å². The van der Waals surface area contributed by atoms with Gasteiger partial charge in [0.15, 0.2) is 0 Å². The SMILES string of the molecule is NC(=O)C(N)CN1C(=O)CCc2cc([N+](=O)[O-])ccc21. The fourth-order valence-corrected chi connectivity index (χ4v) is 2.15. The lowest BCUT2D eigenvalue weighted by Crippen LogP contribution is -2.49. The number of aryl methyl sites for hydroxylation is 1. The molecule has 1 aliphatic rings. The number of nitrogens with two attached hydrogens (primary N) is 2. The summed E-state index contributed by atoms with van der Waals surface area (Å²) in [6.45, 7) is -0.0288. The molecule has 0 bridgehead atoms. The maximum absolute atomic E-state index is 11.9. The van der Waals surface area contributed by atoms with Gasteiger partial charge in [0.2, 0.25) is 11.8 Å². The minimum absolute atomic E-state index is 0.0288. The Hall–Kier alpha value is -2.48. The van der Waals surface area contributed by atoms with Crippen LogP contribution >= 0.6 is 0 Å². The van der Waals surface area contributed by atoms with Crippen molar-refractivity contribution in [2.24, 2.45) is 11.5 Å². The predicted octanol–water partition coefficient (Wildman–Crippen LogP) is -0.313. The van der Waals surface area contributed by atoms with Gasteiger partial charge in [-0.2, -0.15) is 0 Å². The molecule has 0 aromatic heterocycles. The second-order valence-corrected chi connectivity index (χ2v) is 4.58. The number of hydrogen-bond donors (Lipinski definition) is 2. The molecule has 1 atom stereocenters. The molecule has 2 amide bonds. The molecule has 8 heteroatoms. The van der Waals surface area contributed by atoms with Crippen LogP contribution in [0.1, 0.15) is 12.0 Å². The number of hydrogen-bond acceptors (Lipinski definition) is 5. The van der Waals surface area contributed by atoms with E-state index in [0.717, 1.165) is 0 Å². The molecule has 0 saturated heterocycles. The highest BCUT2D eigenvalue weighted by molar-refractivity contribution is 5.97. The molecule has 0 saturated carbocycles. The highest BCUT2D eigenvalue weighted by atomic mass is 16.6. The predicted molar refractivity (Wildman–Crippen MR) is 70.9 cm³/mol. The van der Waals surface area contributed by atoms with Crippen LogP contribution in [-0.4, -0.2) is 29.3 Å². The Morgan fingerprint density at radius 2 is 2.15 bits per heavy atom. The fraction of sp³-hybridized carbons (Fsp3) is 0.333. The first-order valence-corrected chi connectivity index (χ1v) is 6.02. The number of nitro groups is 1. The summed E-state index contributed by atoms with van der Waals surface area (Å²) < 4.78 is 0. The number of benzene rings is 1. The summed E-state index contributed by atoms with van der Waals surface area (Å²) in [5, 5.41) is 10.7. The number of nitro benzene ring substituents is 1. The first-order valence-electron chi connectivity index (χ1n) is 6.02. The summed E-state index contributed by atoms with van der Waals surface area (Å²) in [4.78, 5) is 34.5. The van der Waals surface area contributed by atoms with Crippen LogP contribution in [0, 0.1) is 10.1 Å². The summed E-state index contributed by atoms with van der Waals surface area (Å²) in [5.74, 6) is -0.880. The van der Waals surface area contributed by atoms with Crippen molar-refractivity contribution in [2.75, 3.05) is 11.4 Å². The Morgan fingerprint density at radius 1 is 1.45 bits per heavy atom. The Kier molecular flexibility index (Phi) is 3.66. The van der Waals surface area contributed by atoms with Crippen LogP contribution in [0.3, 0.4) is 0 Å². The first kappa shape index (κ1) is 13.9. The van der Waals surface area contributed by atoms with E-state index < -0.39 is 16.9 Å². The Morgan fingerprint density at radius 3 is 2.75 bits per heavy atom. The average molecular weight is 278 g/mol. The highest BCUT2D eigenvalue weighted by Gasteiger charge is 2.28. The molecular formula is C12H14N4O4. The van der Waals surface area contributed by atoms with Gasteiger partial charge in [0.1, 0.15) is 6.04 Å². The van der Waals surface area contributed by atoms with Crippen molar-refractivity contribution in [3.63, 3.8) is 0 Å². The van der Waals surface area contributed by atoms with Crippen LogP contribution in [0.15, 0.2) is 18.2 Å². The second kappa shape index (κ2) is 5.25. The second-order valence-electron chi connectivity index (χ2n) is 4.58. The van der Waals surface area contributed by atoms with E-state index in [1.807, 2.05) is 0 Å². The van der Waals surface area contributed by atoms with Crippen molar-refractivity contribution in [3.05, 3.63) is 33.9 Å². The molecule has 0 spiro atoms. The van der Waals surface area contributed by atoms with Gasteiger partial charge < -0.3 is 16.4 Å². The lowest BCUT2D eigenvalue weighted by Gasteiger charge is -2.30. The Bertz CT molecular complexity index is 587. The zero-order valence-electron chi connectivity index (χ0n) is 10.6. The third-order valence-corrected chi connectivity index (χ3v) is 3.22. The van der Waals surface area contributed by atoms with Gasteiger partial charge in [0.25, 0.3) is 5.69 Å². The number of nitrogens with zero attached hydrogens (tertiary/aromatic N) is 2. The van der Waals surface area contributed by atoms with E-state index in [0.29, 0.717) is 17.7 Å². The zero-order chi connectivity index (χ0) is 14.9. The van der Waals surface area contributed by atoms with Gasteiger partial charge >= 0.3 is 0 Å². The summed E-state index contributed by atoms with van der Waals surface area (Å²) in [7, 11) is 0. The molecule has 1 aromatic rings. The van der Waals surface area contributed by atoms with Crippen molar-refractivity contribution in [1.82, 2.24) is 0 Å². The molecule has 8 nitrogen and oxygen atoms in total. The lowest BCUT2D eigenvalue weighted by atomic mass is 10.00. The molecule has 1 aromatic carbocycles. The lowest BCUT2D eigenvalue weighted by molar-refractivity contribution is -0.384. The minimum Gasteiger partial charge on any atom is -0.368 e. The first-order chi connectivity index (χ1) is 9.40. The summed E-state index contributed by atoms with van der Waals surface area (Å²) in [6, 6.07) is 3.28. The molecule has 106 valence electrons. The maximum atomic E-state index is 11.9. The van der Waals surface area contributed by atoms with Gasteiger partial charge in [-0.25, -0.2) is 0 Å². The van der Waals surface area contributed by atoms with Crippen LogP contribution in [0.4, 0.5) is 11.4 Å². The summed E-state index contributed by atoms with van der Waals surface area (Å²) >= 11 is 0. The van der Waals surface area contributed by atoms with E-state index in [4.69, 9.17) is 11.5 Å². The monoisotopic (exact) mass is 278 g/mol. The van der Waals surface area contributed by atoms with Gasteiger partial charge in [-0.1, -0.05) is 0 Å². The number of carbonyl (C=O) groups excluding carboxylic acids is 2. The minimum atomic E-state index is -0.972. The molecule has 1 aliphatic heterocycles. The van der Waals surface area contributed by atoms with Gasteiger partial charge in [-0.05, 0) is 18.1 Å². The highest BCUT2D eigenvalue weighted by Crippen LogP contribution is 2.30. The van der Waals surface area contributed by atoms with E-state index >= 15 is 0 Å². The molecular weight excluding hydrogens is 264 g/mol. The van der Waals surface area contributed by atoms with Crippen molar-refractivity contribution in [1.29, 1.82) is 0 Å². The quantitative estimate of drug-likeness (QED) is 0.575. The molecule has 0 fully saturated rings. The van der Waals surface area contributed by atoms with Gasteiger partial charge in [0, 0.05) is 24.2 Å². The van der Waals surface area contributed by atoms with Crippen molar-refractivity contribution in [2.45, 2.75) is 18.9 Å². The molecule has 2 rings (SSSR count). The van der Waals surface area contributed by atoms with Crippen LogP contribution in [0.25, 0.3) is 0 Å². The van der Waals surface area contributed by atoms with Crippen LogP contribution < -0.4 is 16.4 Å². The number of amides is 2. The number of fused-ring (bicyclic) bond motifs is 1. The fourth-order valence-electron chi connectivity index (χ4n) is 2.15. The maximum Gasteiger partial charge on any atom is 0.269 e. The molecule has 1 heterocycles. The standard InChI is InChI=1S/C12H14N4O4/c13-9(12(14)18)6-15-10-3-2-8(16(19)20)5-7(10)1-4-11(15)17/h2-3,5,9H,1,4,6,13H2,(H2,14,18). The smallest absolute Gasteiger partial charge is 0.269 e. The number of primary amides is 1. The number of anilines is 1. The topological polar surface area (TPSA) is 133 Å². The summed E-state index contributed by atoms with van der Waals surface area (Å²) in [6.07, 6.45) is 0.651. The van der Waals surface area contributed by atoms with Crippen molar-refractivity contribution >= 4 is 23.2 Å². The van der Waals surface area contributed by atoms with E-state index in [-0.39, 0.29) is 24.6 Å². The van der Waals surface area contributed by atoms with Gasteiger partial charge in [-0.3, -0.25) is 19.7 Å². The Labute approximate surface area is 114 Å². The third-order valence-electron chi connectivity index (χ3n) is 3.22. The van der Waals surface area contributed by atoms with Crippen LogP contribution in [-0.2, 0) is 16.0 Å². The average Bonchev–Trinajstić information content (AvgIpc) is 2.41. The molecule has 1 unspecified atom stereocenters. The van der Waals surface area contributed by atoms with Crippen LogP contribution in [0.2, 0.25) is 0 Å². The molecule has 0 radical (unpaired) electrons. The number of non-ortho nitro benzene ring substituents is 1. The van der Waals surface area contributed by atoms with Gasteiger partial charge in [0.05, 0.1) is 11.5 Å². The normalized spacial score (nSPS) is 15.7. The molecule has 4 N–H and O–H groups in total. The molecule has 0 aliphatic carbocycles. The largest absolute Gasteiger partial charge is 0.368 e. The Balaban J connectivity index is 2.34. The number of carbonyl (C=O) groups is 2. The van der Waals surface area contributed by atoms with Crippen LogP contribution in [0.5, 0.6) is 0 Å². The van der Waals surface area contributed by atoms with Crippen molar-refractivity contribution < 1.29 is 14.5 Å². The van der Waals surface area contributed by atoms with Gasteiger partial charge in [-0.15, -0.1) is 0 Å². The van der Waals surface area contributed by atoms with E-state index in [1.54, 1.807) is 0 Å². The third kappa shape index (κ3) is 2.59. The van der Waals surface area contributed by atoms with E-state index in [9.17, 15) is 19.7 Å². The zero-order valence-corrected chi connectivity index (χ0v) is 10.6. The number of rotatable bonds is 4. The molecule has 20 heavy (non-hydrogen) atoms.